The topological polar surface area (TPSA) is 98.5 Å². The van der Waals surface area contributed by atoms with Crippen molar-refractivity contribution in [2.24, 2.45) is 0 Å². The molecule has 9 heteroatoms. The lowest BCUT2D eigenvalue weighted by Gasteiger charge is -2.18. The number of hydrogen-bond donors (Lipinski definition) is 1. The summed E-state index contributed by atoms with van der Waals surface area (Å²) in [5.74, 6) is -1.93. The summed E-state index contributed by atoms with van der Waals surface area (Å²) in [6.07, 6.45) is -1.17. The summed E-state index contributed by atoms with van der Waals surface area (Å²) in [6.45, 7) is 3.05. The molecule has 27 heavy (non-hydrogen) atoms. The van der Waals surface area contributed by atoms with E-state index in [0.29, 0.717) is 5.56 Å². The van der Waals surface area contributed by atoms with E-state index in [2.05, 4.69) is 5.32 Å². The predicted octanol–water partition coefficient (Wildman–Crippen LogP) is 3.81. The molecule has 0 saturated heterocycles. The minimum Gasteiger partial charge on any atom is -0.449 e. The molecular weight excluding hydrogens is 379 g/mol. The number of carbonyl (C=O) groups excluding carboxylic acids is 2. The number of nitrogens with one attached hydrogen (secondary N) is 1. The van der Waals surface area contributed by atoms with Gasteiger partial charge in [0.15, 0.2) is 6.10 Å². The normalized spacial score (nSPS) is 12.7. The average molecular weight is 395 g/mol. The molecule has 0 saturated carbocycles. The van der Waals surface area contributed by atoms with Gasteiger partial charge in [0.05, 0.1) is 21.6 Å². The fourth-order valence-electron chi connectivity index (χ4n) is 2.23. The summed E-state index contributed by atoms with van der Waals surface area (Å²) in [5.41, 5.74) is 0.135. The third kappa shape index (κ3) is 5.24. The molecule has 0 aliphatic carbocycles. The van der Waals surface area contributed by atoms with Crippen LogP contribution in [0.3, 0.4) is 0 Å². The molecule has 0 radical (unpaired) electrons. The van der Waals surface area contributed by atoms with Crippen molar-refractivity contribution >= 4 is 29.2 Å². The first kappa shape index (κ1) is 20.3. The maximum atomic E-state index is 13.0. The van der Waals surface area contributed by atoms with E-state index in [-0.39, 0.29) is 16.3 Å². The Morgan fingerprint density at radius 3 is 2.41 bits per heavy atom. The molecule has 2 aromatic carbocycles. The third-order valence-corrected chi connectivity index (χ3v) is 4.09. The van der Waals surface area contributed by atoms with Crippen LogP contribution in [0.1, 0.15) is 35.8 Å². The Labute approximate surface area is 159 Å². The van der Waals surface area contributed by atoms with E-state index in [1.807, 2.05) is 0 Å². The molecule has 2 rings (SSSR count). The Morgan fingerprint density at radius 1 is 1.19 bits per heavy atom. The molecule has 142 valence electrons. The number of carbonyl (C=O) groups is 2. The molecule has 0 aliphatic rings. The standard InChI is InChI=1S/C18H16ClFN2O5/c1-10(12-3-5-13(20)6-4-12)21-17(23)11(2)27-18(24)15-9-14(22(25)26)7-8-16(15)19/h3-11H,1-2H3,(H,21,23)/t10-,11+/m1/s1. The van der Waals surface area contributed by atoms with Gasteiger partial charge >= 0.3 is 5.97 Å². The molecule has 1 N–H and O–H groups in total. The number of benzene rings is 2. The SMILES string of the molecule is C[C@H](OC(=O)c1cc([N+](=O)[O-])ccc1Cl)C(=O)N[C@H](C)c1ccc(F)cc1. The minimum absolute atomic E-state index is 0.0297. The molecule has 0 unspecified atom stereocenters. The van der Waals surface area contributed by atoms with Crippen molar-refractivity contribution in [3.05, 3.63) is 74.5 Å². The Kier molecular flexibility index (Phi) is 6.46. The first-order chi connectivity index (χ1) is 12.7. The fraction of sp³-hybridized carbons (Fsp3) is 0.222. The van der Waals surface area contributed by atoms with Crippen LogP contribution < -0.4 is 5.32 Å². The summed E-state index contributed by atoms with van der Waals surface area (Å²) in [6, 6.07) is 8.49. The second-order valence-electron chi connectivity index (χ2n) is 5.75. The fourth-order valence-corrected chi connectivity index (χ4v) is 2.42. The number of nitrogens with zero attached hydrogens (tertiary/aromatic N) is 1. The lowest BCUT2D eigenvalue weighted by Crippen LogP contribution is -2.37. The molecule has 7 nitrogen and oxygen atoms in total. The number of non-ortho nitro benzene ring substituents is 1. The van der Waals surface area contributed by atoms with Crippen LogP contribution in [-0.4, -0.2) is 22.9 Å². The van der Waals surface area contributed by atoms with Crippen molar-refractivity contribution in [2.75, 3.05) is 0 Å². The van der Waals surface area contributed by atoms with Crippen LogP contribution in [0.25, 0.3) is 0 Å². The van der Waals surface area contributed by atoms with Gasteiger partial charge in [-0.05, 0) is 37.6 Å². The van der Waals surface area contributed by atoms with Crippen molar-refractivity contribution in [3.8, 4) is 0 Å². The van der Waals surface area contributed by atoms with Crippen LogP contribution in [0, 0.1) is 15.9 Å². The van der Waals surface area contributed by atoms with Gasteiger partial charge in [0.2, 0.25) is 0 Å². The van der Waals surface area contributed by atoms with Crippen LogP contribution >= 0.6 is 11.6 Å². The van der Waals surface area contributed by atoms with Crippen molar-refractivity contribution < 1.29 is 23.6 Å². The molecule has 0 aliphatic heterocycles. The van der Waals surface area contributed by atoms with E-state index in [4.69, 9.17) is 16.3 Å². The van der Waals surface area contributed by atoms with E-state index >= 15 is 0 Å². The first-order valence-electron chi connectivity index (χ1n) is 7.89. The molecular formula is C18H16ClFN2O5. The van der Waals surface area contributed by atoms with Crippen molar-refractivity contribution in [2.45, 2.75) is 26.0 Å². The van der Waals surface area contributed by atoms with Crippen LogP contribution in [-0.2, 0) is 9.53 Å². The van der Waals surface area contributed by atoms with Gasteiger partial charge < -0.3 is 10.1 Å². The highest BCUT2D eigenvalue weighted by atomic mass is 35.5. The maximum absolute atomic E-state index is 13.0. The molecule has 0 bridgehead atoms. The number of rotatable bonds is 6. The number of nitro groups is 1. The Hall–Kier alpha value is -3.00. The van der Waals surface area contributed by atoms with E-state index in [0.717, 1.165) is 12.1 Å². The van der Waals surface area contributed by atoms with Crippen molar-refractivity contribution in [1.82, 2.24) is 5.32 Å². The maximum Gasteiger partial charge on any atom is 0.340 e. The zero-order valence-electron chi connectivity index (χ0n) is 14.4. The van der Waals surface area contributed by atoms with Gasteiger partial charge in [-0.3, -0.25) is 14.9 Å². The Morgan fingerprint density at radius 2 is 1.81 bits per heavy atom. The monoisotopic (exact) mass is 394 g/mol. The summed E-state index contributed by atoms with van der Waals surface area (Å²) < 4.78 is 18.0. The van der Waals surface area contributed by atoms with E-state index in [9.17, 15) is 24.1 Å². The lowest BCUT2D eigenvalue weighted by molar-refractivity contribution is -0.384. The van der Waals surface area contributed by atoms with E-state index in [1.165, 1.54) is 37.3 Å². The van der Waals surface area contributed by atoms with Crippen LogP contribution in [0.2, 0.25) is 5.02 Å². The van der Waals surface area contributed by atoms with Gasteiger partial charge in [-0.15, -0.1) is 0 Å². The van der Waals surface area contributed by atoms with E-state index < -0.39 is 34.8 Å². The highest BCUT2D eigenvalue weighted by Crippen LogP contribution is 2.23. The molecule has 0 heterocycles. The average Bonchev–Trinajstić information content (AvgIpc) is 2.62. The van der Waals surface area contributed by atoms with Crippen molar-refractivity contribution in [1.29, 1.82) is 0 Å². The molecule has 2 aromatic rings. The Balaban J connectivity index is 2.03. The third-order valence-electron chi connectivity index (χ3n) is 3.76. The summed E-state index contributed by atoms with van der Waals surface area (Å²) in [5, 5.41) is 13.4. The minimum atomic E-state index is -1.17. The van der Waals surface area contributed by atoms with Gasteiger partial charge in [-0.25, -0.2) is 9.18 Å². The first-order valence-corrected chi connectivity index (χ1v) is 8.27. The smallest absolute Gasteiger partial charge is 0.340 e. The molecule has 0 spiro atoms. The molecule has 2 atom stereocenters. The predicted molar refractivity (Wildman–Crippen MR) is 95.9 cm³/mol. The van der Waals surface area contributed by atoms with Gasteiger partial charge in [0.1, 0.15) is 5.82 Å². The second-order valence-corrected chi connectivity index (χ2v) is 6.16. The highest BCUT2D eigenvalue weighted by Gasteiger charge is 2.23. The van der Waals surface area contributed by atoms with Gasteiger partial charge in [-0.2, -0.15) is 0 Å². The van der Waals surface area contributed by atoms with E-state index in [1.54, 1.807) is 6.92 Å². The number of ether oxygens (including phenoxy) is 1. The Bertz CT molecular complexity index is 873. The zero-order chi connectivity index (χ0) is 20.1. The zero-order valence-corrected chi connectivity index (χ0v) is 15.2. The highest BCUT2D eigenvalue weighted by molar-refractivity contribution is 6.33. The van der Waals surface area contributed by atoms with Crippen molar-refractivity contribution in [3.63, 3.8) is 0 Å². The lowest BCUT2D eigenvalue weighted by atomic mass is 10.1. The van der Waals surface area contributed by atoms with Crippen LogP contribution in [0.15, 0.2) is 42.5 Å². The van der Waals surface area contributed by atoms with Gasteiger partial charge in [-0.1, -0.05) is 23.7 Å². The number of nitro benzene ring substituents is 1. The summed E-state index contributed by atoms with van der Waals surface area (Å²) in [4.78, 5) is 34.6. The number of halogens is 2. The number of hydrogen-bond acceptors (Lipinski definition) is 5. The van der Waals surface area contributed by atoms with Crippen LogP contribution in [0.4, 0.5) is 10.1 Å². The molecule has 1 amide bonds. The summed E-state index contributed by atoms with van der Waals surface area (Å²) in [7, 11) is 0. The second kappa shape index (κ2) is 8.59. The molecule has 0 fully saturated rings. The number of esters is 1. The quantitative estimate of drug-likeness (QED) is 0.456. The number of amides is 1. The van der Waals surface area contributed by atoms with Gasteiger partial charge in [0, 0.05) is 12.1 Å². The summed E-state index contributed by atoms with van der Waals surface area (Å²) >= 11 is 5.88. The van der Waals surface area contributed by atoms with Crippen LogP contribution in [0.5, 0.6) is 0 Å². The van der Waals surface area contributed by atoms with Gasteiger partial charge in [0.25, 0.3) is 11.6 Å². The largest absolute Gasteiger partial charge is 0.449 e. The molecule has 0 aromatic heterocycles.